The molecule has 0 heterocycles. The van der Waals surface area contributed by atoms with E-state index in [1.54, 1.807) is 7.05 Å². The van der Waals surface area contributed by atoms with Gasteiger partial charge in [-0.3, -0.25) is 9.69 Å². The van der Waals surface area contributed by atoms with Crippen molar-refractivity contribution in [1.29, 1.82) is 0 Å². The minimum atomic E-state index is -2.35. The van der Waals surface area contributed by atoms with Gasteiger partial charge in [-0.2, -0.15) is 0 Å². The van der Waals surface area contributed by atoms with Crippen molar-refractivity contribution in [3.63, 3.8) is 0 Å². The van der Waals surface area contributed by atoms with Gasteiger partial charge >= 0.3 is 0 Å². The van der Waals surface area contributed by atoms with E-state index in [0.29, 0.717) is 0 Å². The molecule has 0 N–H and O–H groups in total. The minimum absolute atomic E-state index is 0.124. The van der Waals surface area contributed by atoms with E-state index in [-0.39, 0.29) is 24.8 Å². The second kappa shape index (κ2) is 6.16. The molecule has 0 aromatic heterocycles. The van der Waals surface area contributed by atoms with Crippen LogP contribution in [0.15, 0.2) is 0 Å². The number of ketones is 1. The van der Waals surface area contributed by atoms with Crippen molar-refractivity contribution in [2.45, 2.75) is 38.5 Å². The summed E-state index contributed by atoms with van der Waals surface area (Å²) in [5.41, 5.74) is 0. The van der Waals surface area contributed by atoms with Crippen LogP contribution in [0.1, 0.15) is 32.1 Å². The van der Waals surface area contributed by atoms with Gasteiger partial charge in [0.15, 0.2) is 0 Å². The molecule has 88 valence electrons. The zero-order valence-electron chi connectivity index (χ0n) is 9.22. The molecule has 0 atom stereocenters. The smallest absolute Gasteiger partial charge is 0.251 e. The summed E-state index contributed by atoms with van der Waals surface area (Å²) in [4.78, 5) is 13.1. The standard InChI is InChI=1S/C11H19F2NO/c1-14(8-11(12)13)7-10(15)9-5-3-2-4-6-9/h9,11H,2-8H2,1H3. The molecule has 1 aliphatic carbocycles. The van der Waals surface area contributed by atoms with Crippen LogP contribution in [0, 0.1) is 5.92 Å². The van der Waals surface area contributed by atoms with Crippen LogP contribution in [-0.2, 0) is 4.79 Å². The van der Waals surface area contributed by atoms with Gasteiger partial charge in [0.2, 0.25) is 0 Å². The Labute approximate surface area is 89.6 Å². The van der Waals surface area contributed by atoms with Gasteiger partial charge < -0.3 is 0 Å². The maximum Gasteiger partial charge on any atom is 0.251 e. The highest BCUT2D eigenvalue weighted by molar-refractivity contribution is 5.83. The van der Waals surface area contributed by atoms with E-state index >= 15 is 0 Å². The zero-order chi connectivity index (χ0) is 11.3. The predicted octanol–water partition coefficient (Wildman–Crippen LogP) is 2.33. The third-order valence-electron chi connectivity index (χ3n) is 2.94. The second-order valence-corrected chi connectivity index (χ2v) is 4.39. The molecular weight excluding hydrogens is 200 g/mol. The Morgan fingerprint density at radius 2 is 1.93 bits per heavy atom. The number of Topliss-reactive ketones (excluding diaryl/α,β-unsaturated/α-hetero) is 1. The molecule has 4 heteroatoms. The molecule has 1 rings (SSSR count). The number of hydrogen-bond donors (Lipinski definition) is 0. The molecule has 0 bridgehead atoms. The van der Waals surface area contributed by atoms with Crippen LogP contribution in [0.2, 0.25) is 0 Å². The minimum Gasteiger partial charge on any atom is -0.298 e. The Morgan fingerprint density at radius 3 is 2.47 bits per heavy atom. The molecule has 0 amide bonds. The molecule has 0 aliphatic heterocycles. The van der Waals surface area contributed by atoms with Crippen LogP contribution in [0.25, 0.3) is 0 Å². The molecule has 1 saturated carbocycles. The summed E-state index contributed by atoms with van der Waals surface area (Å²) in [5.74, 6) is 0.261. The lowest BCUT2D eigenvalue weighted by Crippen LogP contribution is -2.34. The zero-order valence-corrected chi connectivity index (χ0v) is 9.22. The normalized spacial score (nSPS) is 18.7. The molecule has 0 radical (unpaired) electrons. The van der Waals surface area contributed by atoms with Crippen LogP contribution >= 0.6 is 0 Å². The van der Waals surface area contributed by atoms with Crippen molar-refractivity contribution in [2.75, 3.05) is 20.1 Å². The number of alkyl halides is 2. The van der Waals surface area contributed by atoms with Crippen LogP contribution in [0.3, 0.4) is 0 Å². The molecular formula is C11H19F2NO. The number of rotatable bonds is 5. The number of halogens is 2. The van der Waals surface area contributed by atoms with Crippen molar-refractivity contribution in [2.24, 2.45) is 5.92 Å². The Hall–Kier alpha value is -0.510. The van der Waals surface area contributed by atoms with Crippen LogP contribution in [-0.4, -0.2) is 37.2 Å². The van der Waals surface area contributed by atoms with E-state index in [9.17, 15) is 13.6 Å². The fraction of sp³-hybridized carbons (Fsp3) is 0.909. The SMILES string of the molecule is CN(CC(=O)C1CCCCC1)CC(F)F. The van der Waals surface area contributed by atoms with Crippen molar-refractivity contribution in [1.82, 2.24) is 4.90 Å². The van der Waals surface area contributed by atoms with E-state index in [0.717, 1.165) is 25.7 Å². The van der Waals surface area contributed by atoms with Gasteiger partial charge in [0.1, 0.15) is 5.78 Å². The Bertz CT molecular complexity index is 203. The number of hydrogen-bond acceptors (Lipinski definition) is 2. The van der Waals surface area contributed by atoms with Gasteiger partial charge in [-0.25, -0.2) is 8.78 Å². The van der Waals surface area contributed by atoms with Gasteiger partial charge in [-0.15, -0.1) is 0 Å². The van der Waals surface area contributed by atoms with Crippen molar-refractivity contribution in [3.8, 4) is 0 Å². The van der Waals surface area contributed by atoms with Gasteiger partial charge in [0.05, 0.1) is 13.1 Å². The summed E-state index contributed by atoms with van der Waals surface area (Å²) in [6.07, 6.45) is 2.96. The average molecular weight is 219 g/mol. The first-order valence-corrected chi connectivity index (χ1v) is 5.59. The molecule has 0 aromatic carbocycles. The fourth-order valence-electron chi connectivity index (χ4n) is 2.12. The first-order valence-electron chi connectivity index (χ1n) is 5.59. The Kier molecular flexibility index (Phi) is 5.15. The molecule has 0 aromatic rings. The number of likely N-dealkylation sites (N-methyl/N-ethyl adjacent to an activating group) is 1. The lowest BCUT2D eigenvalue weighted by Gasteiger charge is -2.23. The quantitative estimate of drug-likeness (QED) is 0.707. The molecule has 2 nitrogen and oxygen atoms in total. The summed E-state index contributed by atoms with van der Waals surface area (Å²) in [6, 6.07) is 0. The van der Waals surface area contributed by atoms with Gasteiger partial charge in [-0.05, 0) is 19.9 Å². The van der Waals surface area contributed by atoms with E-state index in [1.165, 1.54) is 11.3 Å². The van der Waals surface area contributed by atoms with Gasteiger partial charge in [-0.1, -0.05) is 19.3 Å². The van der Waals surface area contributed by atoms with E-state index in [4.69, 9.17) is 0 Å². The monoisotopic (exact) mass is 219 g/mol. The summed E-state index contributed by atoms with van der Waals surface area (Å²) >= 11 is 0. The molecule has 0 saturated heterocycles. The van der Waals surface area contributed by atoms with Crippen molar-refractivity contribution >= 4 is 5.78 Å². The van der Waals surface area contributed by atoms with E-state index in [2.05, 4.69) is 0 Å². The largest absolute Gasteiger partial charge is 0.298 e. The highest BCUT2D eigenvalue weighted by Crippen LogP contribution is 2.24. The Morgan fingerprint density at radius 1 is 1.33 bits per heavy atom. The first-order chi connectivity index (χ1) is 7.09. The van der Waals surface area contributed by atoms with Crippen LogP contribution < -0.4 is 0 Å². The van der Waals surface area contributed by atoms with E-state index < -0.39 is 6.43 Å². The lowest BCUT2D eigenvalue weighted by molar-refractivity contribution is -0.125. The third kappa shape index (κ3) is 4.69. The summed E-state index contributed by atoms with van der Waals surface area (Å²) in [7, 11) is 1.58. The highest BCUT2D eigenvalue weighted by Gasteiger charge is 2.22. The van der Waals surface area contributed by atoms with Crippen molar-refractivity contribution in [3.05, 3.63) is 0 Å². The summed E-state index contributed by atoms with van der Waals surface area (Å²) < 4.78 is 24.0. The highest BCUT2D eigenvalue weighted by atomic mass is 19.3. The van der Waals surface area contributed by atoms with Crippen molar-refractivity contribution < 1.29 is 13.6 Å². The lowest BCUT2D eigenvalue weighted by atomic mass is 9.86. The second-order valence-electron chi connectivity index (χ2n) is 4.39. The molecule has 0 spiro atoms. The average Bonchev–Trinajstić information content (AvgIpc) is 2.17. The molecule has 1 fully saturated rings. The maximum atomic E-state index is 12.0. The predicted molar refractivity (Wildman–Crippen MR) is 55.1 cm³/mol. The fourth-order valence-corrected chi connectivity index (χ4v) is 2.12. The van der Waals surface area contributed by atoms with E-state index in [1.807, 2.05) is 0 Å². The number of carbonyl (C=O) groups is 1. The third-order valence-corrected chi connectivity index (χ3v) is 2.94. The van der Waals surface area contributed by atoms with Gasteiger partial charge in [0, 0.05) is 5.92 Å². The van der Waals surface area contributed by atoms with Gasteiger partial charge in [0.25, 0.3) is 6.43 Å². The number of nitrogens with zero attached hydrogens (tertiary/aromatic N) is 1. The number of carbonyl (C=O) groups excluding carboxylic acids is 1. The summed E-state index contributed by atoms with van der Waals surface area (Å²) in [5, 5.41) is 0. The van der Waals surface area contributed by atoms with Crippen LogP contribution in [0.5, 0.6) is 0 Å². The molecule has 1 aliphatic rings. The maximum absolute atomic E-state index is 12.0. The summed E-state index contributed by atoms with van der Waals surface area (Å²) in [6.45, 7) is -0.131. The molecule has 0 unspecified atom stereocenters. The van der Waals surface area contributed by atoms with Crippen LogP contribution in [0.4, 0.5) is 8.78 Å². The molecule has 15 heavy (non-hydrogen) atoms. The Balaban J connectivity index is 2.27. The topological polar surface area (TPSA) is 20.3 Å². The first kappa shape index (κ1) is 12.6.